The second-order valence-corrected chi connectivity index (χ2v) is 4.21. The molecular weight excluding hydrogens is 280 g/mol. The Morgan fingerprint density at radius 3 is 2.15 bits per heavy atom. The predicted octanol–water partition coefficient (Wildman–Crippen LogP) is 2.42. The number of carbonyl (C=O) groups excluding carboxylic acids is 1. The molecule has 0 aromatic carbocycles. The fourth-order valence-electron chi connectivity index (χ4n) is 1.77. The summed E-state index contributed by atoms with van der Waals surface area (Å²) in [6, 6.07) is 0. The molecule has 4 nitrogen and oxygen atoms in total. The van der Waals surface area contributed by atoms with Gasteiger partial charge in [-0.15, -0.1) is 0 Å². The van der Waals surface area contributed by atoms with Crippen molar-refractivity contribution in [1.82, 2.24) is 4.98 Å². The molecule has 8 heteroatoms. The van der Waals surface area contributed by atoms with E-state index in [1.807, 2.05) is 0 Å². The summed E-state index contributed by atoms with van der Waals surface area (Å²) < 4.78 is 58.8. The Balaban J connectivity index is 3.38. The molecule has 0 N–H and O–H groups in total. The van der Waals surface area contributed by atoms with E-state index in [0.717, 1.165) is 4.90 Å². The number of aromatic nitrogens is 1. The van der Waals surface area contributed by atoms with Crippen LogP contribution in [0.5, 0.6) is 0 Å². The molecule has 1 aromatic heterocycles. The number of hydrogen-bond donors (Lipinski definition) is 0. The Morgan fingerprint density at radius 1 is 1.25 bits per heavy atom. The second kappa shape index (κ2) is 6.17. The van der Waals surface area contributed by atoms with Crippen LogP contribution in [0, 0.1) is 23.5 Å². The van der Waals surface area contributed by atoms with Crippen molar-refractivity contribution in [2.75, 3.05) is 18.6 Å². The largest absolute Gasteiger partial charge is 0.356 e. The minimum atomic E-state index is -1.77. The van der Waals surface area contributed by atoms with E-state index in [2.05, 4.69) is 4.98 Å². The Bertz CT molecular complexity index is 486. The van der Waals surface area contributed by atoms with Crippen LogP contribution in [0.15, 0.2) is 0 Å². The first-order valence-corrected chi connectivity index (χ1v) is 5.79. The first kappa shape index (κ1) is 16.4. The lowest BCUT2D eigenvalue weighted by molar-refractivity contribution is -0.114. The van der Waals surface area contributed by atoms with Gasteiger partial charge >= 0.3 is 0 Å². The van der Waals surface area contributed by atoms with Gasteiger partial charge in [-0.05, 0) is 13.8 Å². The molecule has 1 rings (SSSR count). The van der Waals surface area contributed by atoms with E-state index in [9.17, 15) is 22.4 Å². The van der Waals surface area contributed by atoms with Crippen LogP contribution >= 0.6 is 0 Å². The molecule has 0 saturated heterocycles. The highest BCUT2D eigenvalue weighted by Crippen LogP contribution is 2.32. The quantitative estimate of drug-likeness (QED) is 0.350. The van der Waals surface area contributed by atoms with E-state index >= 15 is 0 Å². The molecule has 0 aliphatic rings. The van der Waals surface area contributed by atoms with Crippen molar-refractivity contribution in [2.24, 2.45) is 0 Å². The number of ether oxygens (including phenoxy) is 1. The van der Waals surface area contributed by atoms with Gasteiger partial charge in [0.2, 0.25) is 11.6 Å². The molecule has 0 spiro atoms. The zero-order valence-electron chi connectivity index (χ0n) is 11.2. The monoisotopic (exact) mass is 294 g/mol. The van der Waals surface area contributed by atoms with Crippen molar-refractivity contribution >= 4 is 12.0 Å². The van der Waals surface area contributed by atoms with Crippen LogP contribution in [-0.4, -0.2) is 30.6 Å². The SMILES string of the molecule is CCOC(C)(CC=O)N(C)c1c(F)c(F)nc(F)c1F. The molecule has 1 aromatic rings. The lowest BCUT2D eigenvalue weighted by Gasteiger charge is -2.38. The minimum absolute atomic E-state index is 0.133. The molecular formula is C12H14F4N2O2. The molecule has 1 heterocycles. The molecule has 0 saturated carbocycles. The van der Waals surface area contributed by atoms with Gasteiger partial charge in [0.15, 0.2) is 0 Å². The van der Waals surface area contributed by atoms with Crippen LogP contribution in [0.3, 0.4) is 0 Å². The van der Waals surface area contributed by atoms with Crippen molar-refractivity contribution in [1.29, 1.82) is 0 Å². The molecule has 0 amide bonds. The minimum Gasteiger partial charge on any atom is -0.356 e. The van der Waals surface area contributed by atoms with Crippen LogP contribution in [-0.2, 0) is 9.53 Å². The number of halogens is 4. The van der Waals surface area contributed by atoms with Gasteiger partial charge in [-0.1, -0.05) is 0 Å². The Morgan fingerprint density at radius 2 is 1.75 bits per heavy atom. The van der Waals surface area contributed by atoms with Crippen LogP contribution < -0.4 is 4.90 Å². The number of pyridine rings is 1. The highest BCUT2D eigenvalue weighted by atomic mass is 19.2. The molecule has 1 unspecified atom stereocenters. The first-order chi connectivity index (χ1) is 9.28. The third kappa shape index (κ3) is 2.90. The summed E-state index contributed by atoms with van der Waals surface area (Å²) in [5, 5.41) is 0. The number of hydrogen-bond acceptors (Lipinski definition) is 4. The van der Waals surface area contributed by atoms with Gasteiger partial charge < -0.3 is 14.4 Å². The topological polar surface area (TPSA) is 42.4 Å². The first-order valence-electron chi connectivity index (χ1n) is 5.79. The number of carbonyl (C=O) groups is 1. The highest BCUT2D eigenvalue weighted by Gasteiger charge is 2.35. The Hall–Kier alpha value is -1.70. The fourth-order valence-corrected chi connectivity index (χ4v) is 1.77. The summed E-state index contributed by atoms with van der Waals surface area (Å²) >= 11 is 0. The van der Waals surface area contributed by atoms with Crippen LogP contribution in [0.4, 0.5) is 23.2 Å². The van der Waals surface area contributed by atoms with Crippen molar-refractivity contribution in [2.45, 2.75) is 26.0 Å². The third-order valence-corrected chi connectivity index (χ3v) is 2.94. The summed E-state index contributed by atoms with van der Waals surface area (Å²) in [4.78, 5) is 14.0. The summed E-state index contributed by atoms with van der Waals surface area (Å²) in [7, 11) is 1.17. The lowest BCUT2D eigenvalue weighted by atomic mass is 10.1. The van der Waals surface area contributed by atoms with Crippen LogP contribution in [0.2, 0.25) is 0 Å². The third-order valence-electron chi connectivity index (χ3n) is 2.94. The summed E-state index contributed by atoms with van der Waals surface area (Å²) in [6.45, 7) is 3.12. The van der Waals surface area contributed by atoms with Gasteiger partial charge in [0.25, 0.3) is 11.9 Å². The van der Waals surface area contributed by atoms with Crippen molar-refractivity contribution in [3.63, 3.8) is 0 Å². The average molecular weight is 294 g/mol. The molecule has 0 bridgehead atoms. The van der Waals surface area contributed by atoms with Crippen molar-refractivity contribution < 1.29 is 27.1 Å². The van der Waals surface area contributed by atoms with E-state index in [0.29, 0.717) is 6.29 Å². The molecule has 0 radical (unpaired) electrons. The molecule has 0 fully saturated rings. The maximum absolute atomic E-state index is 13.7. The average Bonchev–Trinajstić information content (AvgIpc) is 2.37. The summed E-state index contributed by atoms with van der Waals surface area (Å²) in [6.07, 6.45) is 0.234. The normalized spacial score (nSPS) is 13.9. The van der Waals surface area contributed by atoms with E-state index < -0.39 is 34.9 Å². The molecule has 0 aliphatic carbocycles. The second-order valence-electron chi connectivity index (χ2n) is 4.21. The van der Waals surface area contributed by atoms with Gasteiger partial charge in [-0.3, -0.25) is 0 Å². The molecule has 20 heavy (non-hydrogen) atoms. The maximum Gasteiger partial charge on any atom is 0.253 e. The van der Waals surface area contributed by atoms with E-state index in [1.165, 1.54) is 14.0 Å². The van der Waals surface area contributed by atoms with Gasteiger partial charge in [0.05, 0.1) is 6.42 Å². The smallest absolute Gasteiger partial charge is 0.253 e. The molecule has 1 atom stereocenters. The Kier molecular flexibility index (Phi) is 5.04. The van der Waals surface area contributed by atoms with Gasteiger partial charge in [0.1, 0.15) is 17.7 Å². The van der Waals surface area contributed by atoms with Gasteiger partial charge in [-0.25, -0.2) is 0 Å². The van der Waals surface area contributed by atoms with Gasteiger partial charge in [-0.2, -0.15) is 22.5 Å². The van der Waals surface area contributed by atoms with Crippen molar-refractivity contribution in [3.05, 3.63) is 23.5 Å². The standard InChI is InChI=1S/C12H14F4N2O2/c1-4-20-12(2,5-6-19)18(3)9-7(13)10(15)17-11(16)8(9)14/h6H,4-5H2,1-3H3. The maximum atomic E-state index is 13.7. The number of aldehydes is 1. The predicted molar refractivity (Wildman–Crippen MR) is 63.2 cm³/mol. The van der Waals surface area contributed by atoms with Crippen LogP contribution in [0.25, 0.3) is 0 Å². The van der Waals surface area contributed by atoms with E-state index in [4.69, 9.17) is 4.74 Å². The number of rotatable bonds is 6. The number of anilines is 1. The Labute approximate surface area is 113 Å². The fraction of sp³-hybridized carbons (Fsp3) is 0.500. The zero-order valence-corrected chi connectivity index (χ0v) is 11.2. The van der Waals surface area contributed by atoms with Crippen molar-refractivity contribution in [3.8, 4) is 0 Å². The molecule has 112 valence electrons. The summed E-state index contributed by atoms with van der Waals surface area (Å²) in [5.41, 5.74) is -2.42. The van der Waals surface area contributed by atoms with E-state index in [1.54, 1.807) is 6.92 Å². The summed E-state index contributed by atoms with van der Waals surface area (Å²) in [5.74, 6) is -6.84. The van der Waals surface area contributed by atoms with Crippen LogP contribution in [0.1, 0.15) is 20.3 Å². The molecule has 0 aliphatic heterocycles. The number of nitrogens with zero attached hydrogens (tertiary/aromatic N) is 2. The lowest BCUT2D eigenvalue weighted by Crippen LogP contribution is -2.48. The zero-order chi connectivity index (χ0) is 15.5. The highest BCUT2D eigenvalue weighted by molar-refractivity contribution is 5.56. The van der Waals surface area contributed by atoms with Gasteiger partial charge in [0, 0.05) is 13.7 Å². The van der Waals surface area contributed by atoms with E-state index in [-0.39, 0.29) is 13.0 Å².